The molecule has 0 radical (unpaired) electrons. The monoisotopic (exact) mass is 95.0 g/mol. The summed E-state index contributed by atoms with van der Waals surface area (Å²) in [5, 5.41) is 7.16. The molecule has 0 atom stereocenters. The number of nitrogens with zero attached hydrogens (tertiary/aromatic N) is 1. The highest BCUT2D eigenvalue weighted by atomic mass is 32.2. The Hall–Kier alpha value is -0.420. The predicted molar refractivity (Wildman–Crippen MR) is 13.1 cm³/mol. The van der Waals surface area contributed by atoms with E-state index in [4.69, 9.17) is 13.6 Å². The summed E-state index contributed by atoms with van der Waals surface area (Å²) in [4.78, 5) is 0. The third-order valence-corrected chi connectivity index (χ3v) is 0.200. The lowest BCUT2D eigenvalue weighted by Gasteiger charge is -1.41. The molecule has 0 saturated carbocycles. The molecule has 0 rings (SSSR count). The standard InChI is InChI=1S/HNO3S/c2-1-5(3)4/h2H. The third-order valence-electron chi connectivity index (χ3n) is 0.0667. The lowest BCUT2D eigenvalue weighted by Crippen LogP contribution is -1.48. The van der Waals surface area contributed by atoms with Crippen molar-refractivity contribution in [2.45, 2.75) is 0 Å². The van der Waals surface area contributed by atoms with E-state index in [1.165, 1.54) is 0 Å². The highest BCUT2D eigenvalue weighted by molar-refractivity contribution is 7.61. The molecule has 0 aliphatic rings. The molecule has 0 aromatic carbocycles. The molecule has 5 heteroatoms. The van der Waals surface area contributed by atoms with Crippen LogP contribution in [0.15, 0.2) is 4.53 Å². The molecule has 0 aliphatic heterocycles. The number of rotatable bonds is 0. The number of hydrogen-bond donors (Lipinski definition) is 1. The summed E-state index contributed by atoms with van der Waals surface area (Å²) in [5.41, 5.74) is 0. The zero-order chi connectivity index (χ0) is 4.28. The first-order chi connectivity index (χ1) is 2.27. The molecule has 30 valence electrons. The average Bonchev–Trinajstić information content (AvgIpc) is 1.38. The van der Waals surface area contributed by atoms with Crippen molar-refractivity contribution < 1.29 is 13.6 Å². The molecule has 0 aromatic rings. The van der Waals surface area contributed by atoms with Crippen LogP contribution in [0.3, 0.4) is 0 Å². The van der Waals surface area contributed by atoms with Crippen LogP contribution in [0, 0.1) is 0 Å². The highest BCUT2D eigenvalue weighted by Gasteiger charge is 1.49. The average molecular weight is 95.1 g/mol. The zero-order valence-electron chi connectivity index (χ0n) is 2.12. The molecule has 0 aliphatic carbocycles. The van der Waals surface area contributed by atoms with Gasteiger partial charge in [0, 0.05) is 0 Å². The maximum atomic E-state index is 8.95. The van der Waals surface area contributed by atoms with E-state index in [0.29, 0.717) is 0 Å². The van der Waals surface area contributed by atoms with Gasteiger partial charge in [-0.3, -0.25) is 5.21 Å². The highest BCUT2D eigenvalue weighted by Crippen LogP contribution is 1.39. The Bertz CT molecular complexity index is 110. The van der Waals surface area contributed by atoms with Crippen molar-refractivity contribution in [3.63, 3.8) is 0 Å². The van der Waals surface area contributed by atoms with Gasteiger partial charge in [-0.15, -0.1) is 0 Å². The van der Waals surface area contributed by atoms with Gasteiger partial charge in [-0.05, 0) is 4.53 Å². The van der Waals surface area contributed by atoms with Crippen LogP contribution >= 0.6 is 0 Å². The quantitative estimate of drug-likeness (QED) is 0.410. The van der Waals surface area contributed by atoms with Gasteiger partial charge in [0.1, 0.15) is 0 Å². The van der Waals surface area contributed by atoms with Crippen LogP contribution in [0.1, 0.15) is 0 Å². The van der Waals surface area contributed by atoms with Gasteiger partial charge < -0.3 is 0 Å². The molecule has 0 saturated heterocycles. The van der Waals surface area contributed by atoms with E-state index in [1.54, 1.807) is 4.53 Å². The molecule has 0 aromatic heterocycles. The summed E-state index contributed by atoms with van der Waals surface area (Å²) in [6.45, 7) is 0. The second kappa shape index (κ2) is 1.86. The van der Waals surface area contributed by atoms with Crippen LogP contribution in [0.5, 0.6) is 0 Å². The molecule has 4 nitrogen and oxygen atoms in total. The van der Waals surface area contributed by atoms with Gasteiger partial charge in [-0.25, -0.2) is 0 Å². The van der Waals surface area contributed by atoms with Crippen molar-refractivity contribution in [2.75, 3.05) is 0 Å². The molecule has 0 heterocycles. The van der Waals surface area contributed by atoms with Gasteiger partial charge in [0.15, 0.2) is 0 Å². The summed E-state index contributed by atoms with van der Waals surface area (Å²) < 4.78 is 19.7. The molecule has 0 spiro atoms. The molecule has 0 bridgehead atoms. The van der Waals surface area contributed by atoms with Crippen LogP contribution in [0.4, 0.5) is 0 Å². The van der Waals surface area contributed by atoms with Crippen molar-refractivity contribution in [2.24, 2.45) is 4.53 Å². The van der Waals surface area contributed by atoms with Crippen LogP contribution < -0.4 is 0 Å². The lowest BCUT2D eigenvalue weighted by molar-refractivity contribution is 0.324. The van der Waals surface area contributed by atoms with E-state index in [9.17, 15) is 0 Å². The van der Waals surface area contributed by atoms with E-state index in [1.807, 2.05) is 0 Å². The Balaban J connectivity index is 4.25. The Labute approximate surface area is 29.7 Å². The maximum absolute atomic E-state index is 8.95. The molecule has 0 fully saturated rings. The van der Waals surface area contributed by atoms with Gasteiger partial charge in [-0.2, -0.15) is 8.42 Å². The summed E-state index contributed by atoms with van der Waals surface area (Å²) in [6, 6.07) is 0. The summed E-state index contributed by atoms with van der Waals surface area (Å²) in [6.07, 6.45) is 0. The second-order valence-electron chi connectivity index (χ2n) is 0.299. The lowest BCUT2D eigenvalue weighted by atomic mass is 13.6. The minimum Gasteiger partial charge on any atom is -0.253 e. The van der Waals surface area contributed by atoms with E-state index >= 15 is 0 Å². The van der Waals surface area contributed by atoms with Crippen molar-refractivity contribution in [1.82, 2.24) is 0 Å². The predicted octanol–water partition coefficient (Wildman–Crippen LogP) is -0.562. The first-order valence-corrected chi connectivity index (χ1v) is 1.75. The summed E-state index contributed by atoms with van der Waals surface area (Å²) in [7, 11) is -2.64. The zero-order valence-corrected chi connectivity index (χ0v) is 2.94. The van der Waals surface area contributed by atoms with Gasteiger partial charge >= 0.3 is 10.5 Å². The topological polar surface area (TPSA) is 66.7 Å². The van der Waals surface area contributed by atoms with E-state index < -0.39 is 10.5 Å². The summed E-state index contributed by atoms with van der Waals surface area (Å²) >= 11 is 0. The SMILES string of the molecule is O=S(=O)=NO. The molecule has 0 amide bonds. The van der Waals surface area contributed by atoms with Crippen LogP contribution in [-0.2, 0) is 10.5 Å². The van der Waals surface area contributed by atoms with Gasteiger partial charge in [-0.1, -0.05) is 0 Å². The van der Waals surface area contributed by atoms with E-state index in [-0.39, 0.29) is 0 Å². The number of hydrogen-bond acceptors (Lipinski definition) is 3. The molecule has 1 N–H and O–H groups in total. The largest absolute Gasteiger partial charge is 0.338 e. The van der Waals surface area contributed by atoms with Crippen LogP contribution in [-0.4, -0.2) is 13.6 Å². The van der Waals surface area contributed by atoms with E-state index in [0.717, 1.165) is 0 Å². The van der Waals surface area contributed by atoms with Crippen molar-refractivity contribution >= 4 is 10.5 Å². The molecular weight excluding hydrogens is 94.1 g/mol. The van der Waals surface area contributed by atoms with Crippen LogP contribution in [0.25, 0.3) is 0 Å². The first kappa shape index (κ1) is 4.58. The van der Waals surface area contributed by atoms with Gasteiger partial charge in [0.2, 0.25) is 0 Å². The molecular formula is HNO3S. The Kier molecular flexibility index (Phi) is 1.70. The van der Waals surface area contributed by atoms with Crippen molar-refractivity contribution in [1.29, 1.82) is 0 Å². The molecule has 5 heavy (non-hydrogen) atoms. The Morgan fingerprint density at radius 2 is 1.80 bits per heavy atom. The minimum absolute atomic E-state index is 1.81. The van der Waals surface area contributed by atoms with Gasteiger partial charge in [0.05, 0.1) is 0 Å². The fourth-order valence-electron chi connectivity index (χ4n) is 0. The third kappa shape index (κ3) is 3.58. The maximum Gasteiger partial charge on any atom is 0.338 e. The van der Waals surface area contributed by atoms with Crippen molar-refractivity contribution in [3.05, 3.63) is 0 Å². The smallest absolute Gasteiger partial charge is 0.253 e. The fraction of sp³-hybridized carbons (Fsp3) is 0. The van der Waals surface area contributed by atoms with Crippen LogP contribution in [0.2, 0.25) is 0 Å². The minimum atomic E-state index is -2.64. The normalized spacial score (nSPS) is 6.60. The summed E-state index contributed by atoms with van der Waals surface area (Å²) in [5.74, 6) is 0. The molecule has 0 unspecified atom stereocenters. The fourth-order valence-corrected chi connectivity index (χ4v) is 0. The van der Waals surface area contributed by atoms with Crippen molar-refractivity contribution in [3.8, 4) is 0 Å². The first-order valence-electron chi connectivity index (χ1n) is 0.716. The Morgan fingerprint density at radius 3 is 1.80 bits per heavy atom. The second-order valence-corrected chi connectivity index (χ2v) is 0.896. The Morgan fingerprint density at radius 1 is 1.60 bits per heavy atom. The van der Waals surface area contributed by atoms with E-state index in [2.05, 4.69) is 0 Å². The van der Waals surface area contributed by atoms with Gasteiger partial charge in [0.25, 0.3) is 0 Å².